The molecule has 2 atom stereocenters. The van der Waals surface area contributed by atoms with Gasteiger partial charge in [0.1, 0.15) is 6.04 Å². The lowest BCUT2D eigenvalue weighted by Crippen LogP contribution is -2.42. The molecule has 0 aliphatic rings. The van der Waals surface area contributed by atoms with Crippen LogP contribution in [0.3, 0.4) is 0 Å². The largest absolute Gasteiger partial charge is 0.481 e. The first kappa shape index (κ1) is 22.7. The third-order valence-electron chi connectivity index (χ3n) is 5.14. The molecule has 164 valence electrons. The van der Waals surface area contributed by atoms with E-state index in [-0.39, 0.29) is 12.3 Å². The van der Waals surface area contributed by atoms with Crippen LogP contribution in [0.15, 0.2) is 84.9 Å². The summed E-state index contributed by atoms with van der Waals surface area (Å²) in [6.07, 6.45) is -0.308. The Labute approximate surface area is 187 Å². The van der Waals surface area contributed by atoms with Crippen molar-refractivity contribution in [2.24, 2.45) is 5.92 Å². The summed E-state index contributed by atoms with van der Waals surface area (Å²) in [5.74, 6) is -2.68. The van der Waals surface area contributed by atoms with E-state index in [4.69, 9.17) is 5.11 Å². The molecule has 0 spiro atoms. The third-order valence-corrected chi connectivity index (χ3v) is 5.14. The molecule has 0 radical (unpaired) electrons. The van der Waals surface area contributed by atoms with E-state index in [2.05, 4.69) is 10.6 Å². The van der Waals surface area contributed by atoms with Gasteiger partial charge < -0.3 is 15.7 Å². The van der Waals surface area contributed by atoms with E-state index in [1.54, 1.807) is 12.1 Å². The highest BCUT2D eigenvalue weighted by Gasteiger charge is 2.26. The maximum atomic E-state index is 13.0. The van der Waals surface area contributed by atoms with Crippen LogP contribution in [0.5, 0.6) is 0 Å². The Morgan fingerprint density at radius 3 is 1.94 bits per heavy atom. The predicted molar refractivity (Wildman–Crippen MR) is 122 cm³/mol. The fraction of sp³-hybridized carbons (Fsp3) is 0.192. The molecular weight excluding hydrogens is 404 g/mol. The Balaban J connectivity index is 1.79. The Morgan fingerprint density at radius 2 is 1.34 bits per heavy atom. The molecule has 2 amide bonds. The number of rotatable bonds is 9. The fourth-order valence-electron chi connectivity index (χ4n) is 3.33. The molecule has 32 heavy (non-hydrogen) atoms. The van der Waals surface area contributed by atoms with Gasteiger partial charge in [0.05, 0.1) is 6.42 Å². The molecule has 0 bridgehead atoms. The van der Waals surface area contributed by atoms with Gasteiger partial charge in [0.15, 0.2) is 0 Å². The third kappa shape index (κ3) is 6.28. The lowest BCUT2D eigenvalue weighted by Gasteiger charge is -2.21. The Bertz CT molecular complexity index is 1050. The minimum atomic E-state index is -1.06. The van der Waals surface area contributed by atoms with Crippen LogP contribution in [-0.4, -0.2) is 22.9 Å². The number of carboxylic acid groups (broad SMARTS) is 1. The molecule has 6 nitrogen and oxygen atoms in total. The minimum Gasteiger partial charge on any atom is -0.481 e. The molecule has 0 fully saturated rings. The van der Waals surface area contributed by atoms with Gasteiger partial charge in [0, 0.05) is 12.5 Å². The number of hydrogen-bond donors (Lipinski definition) is 3. The predicted octanol–water partition coefficient (Wildman–Crippen LogP) is 3.94. The van der Waals surface area contributed by atoms with Gasteiger partial charge in [-0.15, -0.1) is 0 Å². The highest BCUT2D eigenvalue weighted by molar-refractivity contribution is 5.90. The van der Waals surface area contributed by atoms with Crippen molar-refractivity contribution in [3.05, 3.63) is 96.1 Å². The number of hydrogen-bond acceptors (Lipinski definition) is 3. The van der Waals surface area contributed by atoms with Crippen molar-refractivity contribution in [2.45, 2.75) is 25.9 Å². The molecule has 6 heteroatoms. The number of benzene rings is 3. The van der Waals surface area contributed by atoms with Gasteiger partial charge in [0.2, 0.25) is 11.8 Å². The SMILES string of the molecule is C[C@H](CC(=O)O)C(=O)NC(C(=O)NCc1ccccc1)c1ccc(-c2ccccc2)cc1. The van der Waals surface area contributed by atoms with Gasteiger partial charge in [-0.1, -0.05) is 91.9 Å². The van der Waals surface area contributed by atoms with Crippen LogP contribution in [0.1, 0.15) is 30.5 Å². The number of carboxylic acids is 1. The highest BCUT2D eigenvalue weighted by Crippen LogP contribution is 2.22. The topological polar surface area (TPSA) is 95.5 Å². The zero-order chi connectivity index (χ0) is 22.9. The number of carbonyl (C=O) groups excluding carboxylic acids is 2. The molecule has 0 aliphatic carbocycles. The van der Waals surface area contributed by atoms with Crippen LogP contribution in [0, 0.1) is 5.92 Å². The van der Waals surface area contributed by atoms with E-state index in [1.165, 1.54) is 6.92 Å². The second-order valence-electron chi connectivity index (χ2n) is 7.63. The van der Waals surface area contributed by atoms with Crippen LogP contribution in [0.25, 0.3) is 11.1 Å². The summed E-state index contributed by atoms with van der Waals surface area (Å²) < 4.78 is 0. The lowest BCUT2D eigenvalue weighted by atomic mass is 9.99. The molecule has 0 saturated carbocycles. The van der Waals surface area contributed by atoms with E-state index in [0.717, 1.165) is 16.7 Å². The van der Waals surface area contributed by atoms with E-state index in [1.807, 2.05) is 72.8 Å². The number of carbonyl (C=O) groups is 3. The maximum absolute atomic E-state index is 13.0. The maximum Gasteiger partial charge on any atom is 0.304 e. The van der Waals surface area contributed by atoms with Gasteiger partial charge in [-0.3, -0.25) is 14.4 Å². The van der Waals surface area contributed by atoms with E-state index < -0.39 is 23.8 Å². The van der Waals surface area contributed by atoms with Crippen molar-refractivity contribution in [1.29, 1.82) is 0 Å². The summed E-state index contributed by atoms with van der Waals surface area (Å²) >= 11 is 0. The summed E-state index contributed by atoms with van der Waals surface area (Å²) in [5, 5.41) is 14.6. The van der Waals surface area contributed by atoms with E-state index >= 15 is 0 Å². The molecule has 3 rings (SSSR count). The second kappa shape index (κ2) is 10.9. The highest BCUT2D eigenvalue weighted by atomic mass is 16.4. The fourth-order valence-corrected chi connectivity index (χ4v) is 3.33. The molecule has 3 aromatic rings. The van der Waals surface area contributed by atoms with Gasteiger partial charge in [0.25, 0.3) is 0 Å². The first-order valence-corrected chi connectivity index (χ1v) is 10.4. The van der Waals surface area contributed by atoms with Crippen LogP contribution in [0.2, 0.25) is 0 Å². The Kier molecular flexibility index (Phi) is 7.75. The first-order valence-electron chi connectivity index (χ1n) is 10.4. The first-order chi connectivity index (χ1) is 15.4. The standard InChI is InChI=1S/C26H26N2O4/c1-18(16-23(29)30)25(31)28-24(26(32)27-17-19-8-4-2-5-9-19)22-14-12-21(13-15-22)20-10-6-3-7-11-20/h2-15,18,24H,16-17H2,1H3,(H,27,32)(H,28,31)(H,29,30)/t18-,24?/m1/s1. The van der Waals surface area contributed by atoms with Crippen LogP contribution < -0.4 is 10.6 Å². The van der Waals surface area contributed by atoms with Gasteiger partial charge in [-0.25, -0.2) is 0 Å². The van der Waals surface area contributed by atoms with E-state index in [9.17, 15) is 14.4 Å². The van der Waals surface area contributed by atoms with Crippen LogP contribution in [0.4, 0.5) is 0 Å². The zero-order valence-electron chi connectivity index (χ0n) is 17.8. The summed E-state index contributed by atoms with van der Waals surface area (Å²) in [5.41, 5.74) is 3.59. The smallest absolute Gasteiger partial charge is 0.304 e. The number of amides is 2. The summed E-state index contributed by atoms with van der Waals surface area (Å²) in [4.78, 5) is 36.6. The Morgan fingerprint density at radius 1 is 0.781 bits per heavy atom. The monoisotopic (exact) mass is 430 g/mol. The van der Waals surface area contributed by atoms with E-state index in [0.29, 0.717) is 12.1 Å². The molecule has 0 saturated heterocycles. The van der Waals surface area contributed by atoms with Crippen molar-refractivity contribution in [3.63, 3.8) is 0 Å². The average molecular weight is 431 g/mol. The summed E-state index contributed by atoms with van der Waals surface area (Å²) in [6, 6.07) is 25.8. The molecule has 0 heterocycles. The molecule has 1 unspecified atom stereocenters. The number of aliphatic carboxylic acids is 1. The quantitative estimate of drug-likeness (QED) is 0.479. The summed E-state index contributed by atoms with van der Waals surface area (Å²) in [6.45, 7) is 1.85. The van der Waals surface area contributed by atoms with Crippen molar-refractivity contribution >= 4 is 17.8 Å². The molecule has 0 aromatic heterocycles. The average Bonchev–Trinajstić information content (AvgIpc) is 2.82. The molecule has 0 aliphatic heterocycles. The van der Waals surface area contributed by atoms with Gasteiger partial charge >= 0.3 is 5.97 Å². The van der Waals surface area contributed by atoms with Gasteiger partial charge in [-0.05, 0) is 22.3 Å². The zero-order valence-corrected chi connectivity index (χ0v) is 17.8. The Hall–Kier alpha value is -3.93. The van der Waals surface area contributed by atoms with Crippen molar-refractivity contribution in [3.8, 4) is 11.1 Å². The molecule has 3 N–H and O–H groups in total. The summed E-state index contributed by atoms with van der Waals surface area (Å²) in [7, 11) is 0. The second-order valence-corrected chi connectivity index (χ2v) is 7.63. The normalized spacial score (nSPS) is 12.4. The van der Waals surface area contributed by atoms with Crippen molar-refractivity contribution in [2.75, 3.05) is 0 Å². The lowest BCUT2D eigenvalue weighted by molar-refractivity contribution is -0.141. The molecular formula is C26H26N2O4. The van der Waals surface area contributed by atoms with Crippen LogP contribution >= 0.6 is 0 Å². The minimum absolute atomic E-state index is 0.308. The van der Waals surface area contributed by atoms with Crippen molar-refractivity contribution in [1.82, 2.24) is 10.6 Å². The molecule has 3 aromatic carbocycles. The number of nitrogens with one attached hydrogen (secondary N) is 2. The van der Waals surface area contributed by atoms with Crippen molar-refractivity contribution < 1.29 is 19.5 Å². The van der Waals surface area contributed by atoms with Gasteiger partial charge in [-0.2, -0.15) is 0 Å². The van der Waals surface area contributed by atoms with Crippen LogP contribution in [-0.2, 0) is 20.9 Å².